The van der Waals surface area contributed by atoms with Gasteiger partial charge in [-0.1, -0.05) is 29.8 Å². The summed E-state index contributed by atoms with van der Waals surface area (Å²) in [4.78, 5) is 43.5. The molecule has 1 heterocycles. The Morgan fingerprint density at radius 1 is 1.18 bits per heavy atom. The summed E-state index contributed by atoms with van der Waals surface area (Å²) in [5.41, 5.74) is 1.32. The lowest BCUT2D eigenvalue weighted by Crippen LogP contribution is -2.50. The Morgan fingerprint density at radius 2 is 1.90 bits per heavy atom. The Hall–Kier alpha value is -3.51. The summed E-state index contributed by atoms with van der Waals surface area (Å²) >= 11 is 6.28. The van der Waals surface area contributed by atoms with Gasteiger partial charge in [-0.3, -0.25) is 9.59 Å². The van der Waals surface area contributed by atoms with Crippen LogP contribution < -0.4 is 15.0 Å². The molecule has 1 aliphatic heterocycles. The summed E-state index contributed by atoms with van der Waals surface area (Å²) in [7, 11) is 3.14. The molecular weight excluding hydrogens is 541 g/mol. The van der Waals surface area contributed by atoms with Crippen LogP contribution in [-0.4, -0.2) is 86.9 Å². The molecule has 0 spiro atoms. The number of rotatable bonds is 8. The van der Waals surface area contributed by atoms with Crippen molar-refractivity contribution >= 4 is 35.1 Å². The van der Waals surface area contributed by atoms with E-state index in [1.807, 2.05) is 0 Å². The van der Waals surface area contributed by atoms with Gasteiger partial charge < -0.3 is 29.5 Å². The van der Waals surface area contributed by atoms with Crippen molar-refractivity contribution in [3.05, 3.63) is 58.6 Å². The van der Waals surface area contributed by atoms with Gasteiger partial charge in [0.25, 0.3) is 5.91 Å². The van der Waals surface area contributed by atoms with Crippen LogP contribution in [0.5, 0.6) is 5.75 Å². The van der Waals surface area contributed by atoms with Crippen molar-refractivity contribution in [3.63, 3.8) is 0 Å². The van der Waals surface area contributed by atoms with Gasteiger partial charge >= 0.3 is 12.2 Å². The number of nitrogens with zero attached hydrogens (tertiary/aromatic N) is 3. The van der Waals surface area contributed by atoms with Crippen molar-refractivity contribution in [2.75, 3.05) is 51.9 Å². The summed E-state index contributed by atoms with van der Waals surface area (Å²) in [5.74, 6) is -0.889. The fourth-order valence-electron chi connectivity index (χ4n) is 3.98. The zero-order valence-electron chi connectivity index (χ0n) is 21.8. The van der Waals surface area contributed by atoms with Crippen LogP contribution in [0.4, 0.5) is 23.7 Å². The molecule has 0 saturated heterocycles. The number of carbonyl (C=O) groups excluding carboxylic acids is 3. The number of ether oxygens (including phenoxy) is 2. The number of nitrogens with one attached hydrogen (secondary N) is 1. The fraction of sp³-hybridized carbons (Fsp3) is 0.423. The van der Waals surface area contributed by atoms with E-state index in [1.165, 1.54) is 33.9 Å². The summed E-state index contributed by atoms with van der Waals surface area (Å²) in [5, 5.41) is 2.58. The lowest BCUT2D eigenvalue weighted by molar-refractivity contribution is -0.153. The second-order valence-corrected chi connectivity index (χ2v) is 9.44. The van der Waals surface area contributed by atoms with Crippen LogP contribution in [0.1, 0.15) is 22.8 Å². The SMILES string of the molecule is COCCN(C)C(=O)CNC(=O)N1Cc2ccccc2N(C(=O)c2ccc(OCC(F)(F)F)cc2Cl)C[C@H]1C. The molecule has 4 amide bonds. The van der Waals surface area contributed by atoms with Gasteiger partial charge in [0.15, 0.2) is 6.61 Å². The molecule has 1 atom stereocenters. The fourth-order valence-corrected chi connectivity index (χ4v) is 4.23. The smallest absolute Gasteiger partial charge is 0.422 e. The van der Waals surface area contributed by atoms with Crippen molar-refractivity contribution in [2.45, 2.75) is 25.7 Å². The van der Waals surface area contributed by atoms with Crippen molar-refractivity contribution < 1.29 is 37.0 Å². The lowest BCUT2D eigenvalue weighted by Gasteiger charge is -2.29. The minimum Gasteiger partial charge on any atom is -0.484 e. The van der Waals surface area contributed by atoms with E-state index in [-0.39, 0.29) is 41.9 Å². The molecule has 0 saturated carbocycles. The molecule has 0 aliphatic carbocycles. The van der Waals surface area contributed by atoms with Crippen molar-refractivity contribution in [3.8, 4) is 5.75 Å². The number of methoxy groups -OCH3 is 1. The average Bonchev–Trinajstić information content (AvgIpc) is 3.04. The number of alkyl halides is 3. The molecule has 9 nitrogen and oxygen atoms in total. The van der Waals surface area contributed by atoms with E-state index in [0.717, 1.165) is 6.07 Å². The van der Waals surface area contributed by atoms with Gasteiger partial charge in [0.1, 0.15) is 5.75 Å². The molecule has 2 aromatic rings. The predicted molar refractivity (Wildman–Crippen MR) is 139 cm³/mol. The number of carbonyl (C=O) groups is 3. The van der Waals surface area contributed by atoms with Gasteiger partial charge in [-0.25, -0.2) is 4.79 Å². The maximum Gasteiger partial charge on any atom is 0.422 e. The van der Waals surface area contributed by atoms with Crippen LogP contribution in [0, 0.1) is 0 Å². The highest BCUT2D eigenvalue weighted by Gasteiger charge is 2.33. The normalized spacial score (nSPS) is 15.3. The highest BCUT2D eigenvalue weighted by Crippen LogP contribution is 2.31. The lowest BCUT2D eigenvalue weighted by atomic mass is 10.1. The van der Waals surface area contributed by atoms with E-state index in [2.05, 4.69) is 5.32 Å². The predicted octanol–water partition coefficient (Wildman–Crippen LogP) is 3.95. The number of likely N-dealkylation sites (N-methyl/N-ethyl adjacent to an activating group) is 1. The Kier molecular flexibility index (Phi) is 10.0. The highest BCUT2D eigenvalue weighted by atomic mass is 35.5. The van der Waals surface area contributed by atoms with Gasteiger partial charge in [0.2, 0.25) is 5.91 Å². The minimum atomic E-state index is -4.52. The van der Waals surface area contributed by atoms with E-state index < -0.39 is 30.8 Å². The quantitative estimate of drug-likeness (QED) is 0.519. The highest BCUT2D eigenvalue weighted by molar-refractivity contribution is 6.34. The van der Waals surface area contributed by atoms with Crippen LogP contribution in [0.2, 0.25) is 5.02 Å². The topological polar surface area (TPSA) is 91.4 Å². The third-order valence-corrected chi connectivity index (χ3v) is 6.44. The average molecular weight is 571 g/mol. The number of benzene rings is 2. The van der Waals surface area contributed by atoms with Gasteiger partial charge in [-0.15, -0.1) is 0 Å². The molecular formula is C26H30ClF3N4O5. The maximum absolute atomic E-state index is 13.6. The third kappa shape index (κ3) is 7.99. The van der Waals surface area contributed by atoms with E-state index in [9.17, 15) is 27.6 Å². The number of fused-ring (bicyclic) bond motifs is 1. The van der Waals surface area contributed by atoms with Gasteiger partial charge in [0.05, 0.1) is 23.7 Å². The molecule has 212 valence electrons. The number of hydrogen-bond acceptors (Lipinski definition) is 5. The first kappa shape index (κ1) is 30.0. The molecule has 2 aromatic carbocycles. The van der Waals surface area contributed by atoms with Crippen LogP contribution >= 0.6 is 11.6 Å². The zero-order chi connectivity index (χ0) is 28.7. The number of hydrogen-bond donors (Lipinski definition) is 1. The molecule has 0 radical (unpaired) electrons. The van der Waals surface area contributed by atoms with E-state index >= 15 is 0 Å². The van der Waals surface area contributed by atoms with Crippen LogP contribution in [-0.2, 0) is 16.1 Å². The standard InChI is InChI=1S/C26H30ClF3N4O5/c1-17-14-34(24(36)20-9-8-19(12-21(20)27)39-16-26(28,29)30)22-7-5-4-6-18(22)15-33(17)25(37)31-13-23(35)32(2)10-11-38-3/h4-9,12,17H,10-11,13-16H2,1-3H3,(H,31,37)/t17-/m1/s1. The first-order valence-corrected chi connectivity index (χ1v) is 12.4. The molecule has 0 unspecified atom stereocenters. The molecule has 1 aliphatic rings. The number of halogens is 4. The largest absolute Gasteiger partial charge is 0.484 e. The molecule has 0 fully saturated rings. The Bertz CT molecular complexity index is 1200. The Morgan fingerprint density at radius 3 is 2.56 bits per heavy atom. The second-order valence-electron chi connectivity index (χ2n) is 9.03. The summed E-state index contributed by atoms with van der Waals surface area (Å²) < 4.78 is 47.2. The molecule has 3 rings (SSSR count). The summed E-state index contributed by atoms with van der Waals surface area (Å²) in [6.07, 6.45) is -4.52. The second kappa shape index (κ2) is 13.0. The minimum absolute atomic E-state index is 0.0697. The number of anilines is 1. The van der Waals surface area contributed by atoms with E-state index in [0.29, 0.717) is 24.4 Å². The third-order valence-electron chi connectivity index (χ3n) is 6.13. The molecule has 39 heavy (non-hydrogen) atoms. The molecule has 13 heteroatoms. The van der Waals surface area contributed by atoms with Gasteiger partial charge in [-0.05, 0) is 36.8 Å². The number of para-hydroxylation sites is 1. The maximum atomic E-state index is 13.6. The summed E-state index contributed by atoms with van der Waals surface area (Å²) in [6, 6.07) is 9.85. The Balaban J connectivity index is 1.77. The molecule has 0 bridgehead atoms. The van der Waals surface area contributed by atoms with E-state index in [1.54, 1.807) is 38.2 Å². The van der Waals surface area contributed by atoms with E-state index in [4.69, 9.17) is 21.1 Å². The zero-order valence-corrected chi connectivity index (χ0v) is 22.5. The molecule has 1 N–H and O–H groups in total. The first-order chi connectivity index (χ1) is 18.4. The van der Waals surface area contributed by atoms with Crippen LogP contribution in [0.15, 0.2) is 42.5 Å². The summed E-state index contributed by atoms with van der Waals surface area (Å²) in [6.45, 7) is 1.12. The monoisotopic (exact) mass is 570 g/mol. The number of urea groups is 1. The first-order valence-electron chi connectivity index (χ1n) is 12.1. The number of amides is 4. The van der Waals surface area contributed by atoms with Crippen molar-refractivity contribution in [2.24, 2.45) is 0 Å². The Labute approximate surface area is 229 Å². The molecule has 0 aromatic heterocycles. The van der Waals surface area contributed by atoms with Gasteiger partial charge in [0, 0.05) is 45.5 Å². The van der Waals surface area contributed by atoms with Crippen molar-refractivity contribution in [1.82, 2.24) is 15.1 Å². The van der Waals surface area contributed by atoms with Crippen LogP contribution in [0.3, 0.4) is 0 Å². The van der Waals surface area contributed by atoms with Gasteiger partial charge in [-0.2, -0.15) is 13.2 Å². The van der Waals surface area contributed by atoms with Crippen LogP contribution in [0.25, 0.3) is 0 Å². The van der Waals surface area contributed by atoms with Crippen molar-refractivity contribution in [1.29, 1.82) is 0 Å².